The van der Waals surface area contributed by atoms with Gasteiger partial charge in [-0.25, -0.2) is 0 Å². The number of nitrogens with zero attached hydrogens (tertiary/aromatic N) is 4. The lowest BCUT2D eigenvalue weighted by Crippen LogP contribution is -2.20. The van der Waals surface area contributed by atoms with E-state index in [1.165, 1.54) is 30.7 Å². The normalized spacial score (nSPS) is 26.3. The highest BCUT2D eigenvalue weighted by Gasteiger charge is 2.24. The molecule has 0 atom stereocenters. The lowest BCUT2D eigenvalue weighted by atomic mass is 9.82. The molecule has 3 rings (SSSR count). The molecule has 2 heterocycles. The first-order valence-corrected chi connectivity index (χ1v) is 6.55. The number of hydrogen-bond acceptors (Lipinski definition) is 5. The third-order valence-electron chi connectivity index (χ3n) is 3.43. The Morgan fingerprint density at radius 3 is 2.88 bits per heavy atom. The van der Waals surface area contributed by atoms with Crippen LogP contribution in [0.25, 0.3) is 4.96 Å². The highest BCUT2D eigenvalue weighted by Crippen LogP contribution is 2.36. The van der Waals surface area contributed by atoms with E-state index in [2.05, 4.69) is 15.3 Å². The van der Waals surface area contributed by atoms with Crippen molar-refractivity contribution in [2.75, 3.05) is 6.54 Å². The number of fused-ring (bicyclic) bond motifs is 1. The Balaban J connectivity index is 1.76. The van der Waals surface area contributed by atoms with Gasteiger partial charge >= 0.3 is 0 Å². The molecule has 6 heteroatoms. The molecule has 16 heavy (non-hydrogen) atoms. The molecule has 1 saturated carbocycles. The summed E-state index contributed by atoms with van der Waals surface area (Å²) in [7, 11) is 0. The molecule has 0 bridgehead atoms. The summed E-state index contributed by atoms with van der Waals surface area (Å²) in [5.41, 5.74) is 5.70. The monoisotopic (exact) mass is 237 g/mol. The van der Waals surface area contributed by atoms with E-state index < -0.39 is 0 Å². The summed E-state index contributed by atoms with van der Waals surface area (Å²) in [5.74, 6) is 1.33. The Kier molecular flexibility index (Phi) is 2.61. The molecule has 1 aliphatic carbocycles. The maximum Gasteiger partial charge on any atom is 0.234 e. The summed E-state index contributed by atoms with van der Waals surface area (Å²) in [5, 5.41) is 13.6. The smallest absolute Gasteiger partial charge is 0.234 e. The Labute approximate surface area is 97.7 Å². The average molecular weight is 237 g/mol. The Bertz CT molecular complexity index is 440. The zero-order chi connectivity index (χ0) is 11.0. The molecule has 2 aromatic rings. The fraction of sp³-hybridized carbons (Fsp3) is 0.700. The summed E-state index contributed by atoms with van der Waals surface area (Å²) in [6.45, 7) is 0.831. The van der Waals surface area contributed by atoms with Gasteiger partial charge in [0, 0.05) is 5.92 Å². The van der Waals surface area contributed by atoms with Crippen LogP contribution in [0.2, 0.25) is 0 Å². The fourth-order valence-electron chi connectivity index (χ4n) is 2.39. The molecule has 1 aliphatic rings. The van der Waals surface area contributed by atoms with E-state index in [4.69, 9.17) is 5.73 Å². The highest BCUT2D eigenvalue weighted by atomic mass is 32.1. The largest absolute Gasteiger partial charge is 0.330 e. The predicted molar refractivity (Wildman–Crippen MR) is 62.4 cm³/mol. The number of aromatic nitrogens is 4. The molecule has 2 aromatic heterocycles. The second kappa shape index (κ2) is 4.10. The van der Waals surface area contributed by atoms with Gasteiger partial charge in [0.15, 0.2) is 0 Å². The Morgan fingerprint density at radius 1 is 1.38 bits per heavy atom. The van der Waals surface area contributed by atoms with Crippen LogP contribution in [0.15, 0.2) is 6.33 Å². The molecule has 0 aliphatic heterocycles. The van der Waals surface area contributed by atoms with Crippen molar-refractivity contribution in [2.24, 2.45) is 11.7 Å². The van der Waals surface area contributed by atoms with Gasteiger partial charge < -0.3 is 5.73 Å². The van der Waals surface area contributed by atoms with Crippen molar-refractivity contribution in [3.63, 3.8) is 0 Å². The van der Waals surface area contributed by atoms with E-state index in [0.29, 0.717) is 5.92 Å². The maximum atomic E-state index is 5.70. The molecular weight excluding hydrogens is 222 g/mol. The van der Waals surface area contributed by atoms with Crippen LogP contribution >= 0.6 is 11.3 Å². The molecule has 0 saturated heterocycles. The number of hydrogen-bond donors (Lipinski definition) is 1. The molecule has 86 valence electrons. The van der Waals surface area contributed by atoms with Crippen LogP contribution < -0.4 is 5.73 Å². The van der Waals surface area contributed by atoms with Crippen LogP contribution in [0.3, 0.4) is 0 Å². The van der Waals surface area contributed by atoms with E-state index in [0.717, 1.165) is 17.4 Å². The minimum Gasteiger partial charge on any atom is -0.330 e. The Hall–Kier alpha value is -1.01. The van der Waals surface area contributed by atoms with Crippen molar-refractivity contribution in [2.45, 2.75) is 31.6 Å². The van der Waals surface area contributed by atoms with Gasteiger partial charge in [0.25, 0.3) is 0 Å². The summed E-state index contributed by atoms with van der Waals surface area (Å²) in [4.78, 5) is 0.899. The van der Waals surface area contributed by atoms with Crippen LogP contribution in [-0.4, -0.2) is 26.4 Å². The standard InChI is InChI=1S/C10H15N5S/c11-5-7-1-3-8(4-2-7)9-14-15-6-12-13-10(15)16-9/h6-8H,1-5,11H2. The first-order chi connectivity index (χ1) is 7.86. The van der Waals surface area contributed by atoms with Gasteiger partial charge in [-0.1, -0.05) is 11.3 Å². The Morgan fingerprint density at radius 2 is 2.19 bits per heavy atom. The van der Waals surface area contributed by atoms with Gasteiger partial charge in [-0.3, -0.25) is 0 Å². The lowest BCUT2D eigenvalue weighted by molar-refractivity contribution is 0.331. The van der Waals surface area contributed by atoms with Gasteiger partial charge in [0.05, 0.1) is 0 Å². The minimum atomic E-state index is 0.606. The fourth-order valence-corrected chi connectivity index (χ4v) is 3.37. The zero-order valence-electron chi connectivity index (χ0n) is 9.04. The second-order valence-electron chi connectivity index (χ2n) is 4.45. The summed E-state index contributed by atoms with van der Waals surface area (Å²) in [6.07, 6.45) is 6.57. The molecule has 0 amide bonds. The third-order valence-corrected chi connectivity index (χ3v) is 4.51. The zero-order valence-corrected chi connectivity index (χ0v) is 9.86. The number of rotatable bonds is 2. The van der Waals surface area contributed by atoms with Gasteiger partial charge in [-0.2, -0.15) is 9.61 Å². The third kappa shape index (κ3) is 1.72. The number of nitrogens with two attached hydrogens (primary N) is 1. The van der Waals surface area contributed by atoms with Crippen molar-refractivity contribution in [1.82, 2.24) is 19.8 Å². The summed E-state index contributed by atoms with van der Waals surface area (Å²) in [6, 6.07) is 0. The van der Waals surface area contributed by atoms with E-state index >= 15 is 0 Å². The predicted octanol–water partition coefficient (Wildman–Crippen LogP) is 1.42. The van der Waals surface area contributed by atoms with E-state index in [-0.39, 0.29) is 0 Å². The van der Waals surface area contributed by atoms with Crippen molar-refractivity contribution in [1.29, 1.82) is 0 Å². The molecular formula is C10H15N5S. The van der Waals surface area contributed by atoms with Crippen LogP contribution in [0.1, 0.15) is 36.6 Å². The van der Waals surface area contributed by atoms with Crippen LogP contribution in [-0.2, 0) is 0 Å². The molecule has 0 aromatic carbocycles. The van der Waals surface area contributed by atoms with Gasteiger partial charge in [0.2, 0.25) is 4.96 Å². The van der Waals surface area contributed by atoms with Crippen molar-refractivity contribution < 1.29 is 0 Å². The van der Waals surface area contributed by atoms with Crippen LogP contribution in [0.5, 0.6) is 0 Å². The van der Waals surface area contributed by atoms with E-state index in [9.17, 15) is 0 Å². The lowest BCUT2D eigenvalue weighted by Gasteiger charge is -2.25. The van der Waals surface area contributed by atoms with E-state index in [1.807, 2.05) is 0 Å². The van der Waals surface area contributed by atoms with Crippen molar-refractivity contribution in [3.8, 4) is 0 Å². The molecule has 0 radical (unpaired) electrons. The maximum absolute atomic E-state index is 5.70. The second-order valence-corrected chi connectivity index (χ2v) is 5.44. The first-order valence-electron chi connectivity index (χ1n) is 5.73. The van der Waals surface area contributed by atoms with Crippen molar-refractivity contribution in [3.05, 3.63) is 11.3 Å². The van der Waals surface area contributed by atoms with Gasteiger partial charge in [-0.15, -0.1) is 10.2 Å². The SMILES string of the molecule is NCC1CCC(c2nn3cnnc3s2)CC1. The first kappa shape index (κ1) is 10.2. The molecule has 0 spiro atoms. The van der Waals surface area contributed by atoms with Crippen LogP contribution in [0, 0.1) is 5.92 Å². The van der Waals surface area contributed by atoms with Gasteiger partial charge in [0.1, 0.15) is 11.3 Å². The molecule has 2 N–H and O–H groups in total. The molecule has 5 nitrogen and oxygen atoms in total. The minimum absolute atomic E-state index is 0.606. The average Bonchev–Trinajstić information content (AvgIpc) is 2.89. The molecule has 1 fully saturated rings. The van der Waals surface area contributed by atoms with E-state index in [1.54, 1.807) is 22.2 Å². The molecule has 0 unspecified atom stereocenters. The topological polar surface area (TPSA) is 69.1 Å². The highest BCUT2D eigenvalue weighted by molar-refractivity contribution is 7.16. The quantitative estimate of drug-likeness (QED) is 0.857. The van der Waals surface area contributed by atoms with Crippen molar-refractivity contribution >= 4 is 16.3 Å². The van der Waals surface area contributed by atoms with Gasteiger partial charge in [-0.05, 0) is 38.1 Å². The summed E-state index contributed by atoms with van der Waals surface area (Å²) >= 11 is 1.67. The summed E-state index contributed by atoms with van der Waals surface area (Å²) < 4.78 is 1.77. The van der Waals surface area contributed by atoms with Crippen LogP contribution in [0.4, 0.5) is 0 Å².